The van der Waals surface area contributed by atoms with Crippen molar-refractivity contribution >= 4 is 32.8 Å². The average molecular weight is 416 g/mol. The number of aromatic carboxylic acids is 2. The van der Waals surface area contributed by atoms with Gasteiger partial charge in [-0.15, -0.1) is 0 Å². The van der Waals surface area contributed by atoms with E-state index in [1.165, 1.54) is 24.3 Å². The van der Waals surface area contributed by atoms with Crippen molar-refractivity contribution in [1.29, 1.82) is 0 Å². The Bertz CT molecular complexity index is 1190. The highest BCUT2D eigenvalue weighted by molar-refractivity contribution is 7.87. The zero-order chi connectivity index (χ0) is 21.2. The molecule has 0 fully saturated rings. The van der Waals surface area contributed by atoms with Crippen LogP contribution in [0.25, 0.3) is 10.8 Å². The summed E-state index contributed by atoms with van der Waals surface area (Å²) in [5.74, 6) is -2.58. The van der Waals surface area contributed by atoms with E-state index in [9.17, 15) is 28.2 Å². The van der Waals surface area contributed by atoms with Crippen LogP contribution in [0.1, 0.15) is 27.6 Å². The van der Waals surface area contributed by atoms with Gasteiger partial charge in [-0.25, -0.2) is 9.59 Å². The van der Waals surface area contributed by atoms with Crippen LogP contribution in [0, 0.1) is 0 Å². The maximum atomic E-state index is 13.0. The fourth-order valence-corrected chi connectivity index (χ4v) is 4.05. The van der Waals surface area contributed by atoms with Gasteiger partial charge >= 0.3 is 22.1 Å². The molecular formula is C20H16O8S. The van der Waals surface area contributed by atoms with Gasteiger partial charge in [-0.1, -0.05) is 24.3 Å². The summed E-state index contributed by atoms with van der Waals surface area (Å²) in [7, 11) is -4.43. The molecule has 0 spiro atoms. The largest absolute Gasteiger partial charge is 0.490 e. The highest BCUT2D eigenvalue weighted by atomic mass is 32.2. The van der Waals surface area contributed by atoms with E-state index in [2.05, 4.69) is 0 Å². The summed E-state index contributed by atoms with van der Waals surface area (Å²) in [4.78, 5) is 22.8. The summed E-state index contributed by atoms with van der Waals surface area (Å²) in [6.07, 6.45) is 0. The van der Waals surface area contributed by atoms with E-state index in [1.54, 1.807) is 25.1 Å². The first-order chi connectivity index (χ1) is 13.8. The van der Waals surface area contributed by atoms with E-state index in [4.69, 9.17) is 8.92 Å². The molecule has 3 rings (SSSR count). The van der Waals surface area contributed by atoms with Crippen molar-refractivity contribution in [2.24, 2.45) is 0 Å². The third-order valence-corrected chi connectivity index (χ3v) is 5.37. The van der Waals surface area contributed by atoms with Crippen LogP contribution in [0.4, 0.5) is 0 Å². The highest BCUT2D eigenvalue weighted by Crippen LogP contribution is 2.34. The third kappa shape index (κ3) is 3.85. The first-order valence-corrected chi connectivity index (χ1v) is 9.85. The summed E-state index contributed by atoms with van der Waals surface area (Å²) in [5, 5.41) is 18.6. The average Bonchev–Trinajstić information content (AvgIpc) is 2.67. The topological polar surface area (TPSA) is 127 Å². The number of hydrogen-bond acceptors (Lipinski definition) is 6. The molecule has 0 unspecified atom stereocenters. The van der Waals surface area contributed by atoms with Gasteiger partial charge in [-0.05, 0) is 37.3 Å². The lowest BCUT2D eigenvalue weighted by atomic mass is 9.99. The monoisotopic (exact) mass is 416 g/mol. The highest BCUT2D eigenvalue weighted by Gasteiger charge is 2.26. The number of carboxylic acid groups (broad SMARTS) is 2. The number of carboxylic acids is 2. The number of benzene rings is 3. The van der Waals surface area contributed by atoms with Gasteiger partial charge in [0.05, 0.1) is 17.7 Å². The molecular weight excluding hydrogens is 400 g/mol. The van der Waals surface area contributed by atoms with E-state index in [-0.39, 0.29) is 38.3 Å². The summed E-state index contributed by atoms with van der Waals surface area (Å²) in [6.45, 7) is 2.02. The Morgan fingerprint density at radius 1 is 0.862 bits per heavy atom. The number of carbonyl (C=O) groups is 2. The lowest BCUT2D eigenvalue weighted by molar-refractivity contribution is 0.0695. The lowest BCUT2D eigenvalue weighted by Gasteiger charge is -2.14. The summed E-state index contributed by atoms with van der Waals surface area (Å²) < 4.78 is 36.5. The fraction of sp³-hybridized carbons (Fsp3) is 0.100. The molecule has 0 saturated heterocycles. The molecule has 0 atom stereocenters. The first kappa shape index (κ1) is 20.2. The van der Waals surface area contributed by atoms with Crippen molar-refractivity contribution in [3.8, 4) is 11.5 Å². The normalized spacial score (nSPS) is 11.2. The van der Waals surface area contributed by atoms with Crippen molar-refractivity contribution in [2.75, 3.05) is 6.61 Å². The summed E-state index contributed by atoms with van der Waals surface area (Å²) in [5.41, 5.74) is -0.654. The van der Waals surface area contributed by atoms with Crippen LogP contribution in [-0.4, -0.2) is 37.2 Å². The minimum Gasteiger partial charge on any atom is -0.490 e. The Morgan fingerprint density at radius 3 is 2.10 bits per heavy atom. The predicted molar refractivity (Wildman–Crippen MR) is 103 cm³/mol. The quantitative estimate of drug-likeness (QED) is 0.561. The molecule has 0 aliphatic heterocycles. The Labute approximate surface area is 166 Å². The maximum absolute atomic E-state index is 13.0. The smallest absolute Gasteiger partial charge is 0.339 e. The van der Waals surface area contributed by atoms with Crippen LogP contribution in [-0.2, 0) is 10.1 Å². The van der Waals surface area contributed by atoms with Crippen molar-refractivity contribution in [3.63, 3.8) is 0 Å². The molecule has 0 aliphatic carbocycles. The Morgan fingerprint density at radius 2 is 1.48 bits per heavy atom. The van der Waals surface area contributed by atoms with Crippen molar-refractivity contribution in [1.82, 2.24) is 0 Å². The van der Waals surface area contributed by atoms with Gasteiger partial charge in [-0.2, -0.15) is 8.42 Å². The number of rotatable bonds is 7. The van der Waals surface area contributed by atoms with Gasteiger partial charge in [0.25, 0.3) is 0 Å². The third-order valence-electron chi connectivity index (χ3n) is 4.08. The molecule has 0 amide bonds. The van der Waals surface area contributed by atoms with Crippen molar-refractivity contribution in [3.05, 3.63) is 65.7 Å². The molecule has 9 heteroatoms. The second kappa shape index (κ2) is 7.80. The van der Waals surface area contributed by atoms with Gasteiger partial charge in [0, 0.05) is 10.8 Å². The van der Waals surface area contributed by atoms with Crippen LogP contribution in [0.15, 0.2) is 59.5 Å². The number of ether oxygens (including phenoxy) is 1. The zero-order valence-electron chi connectivity index (χ0n) is 15.2. The summed E-state index contributed by atoms with van der Waals surface area (Å²) >= 11 is 0. The van der Waals surface area contributed by atoms with Gasteiger partial charge in [0.15, 0.2) is 11.5 Å². The molecule has 29 heavy (non-hydrogen) atoms. The number of para-hydroxylation sites is 2. The molecule has 8 nitrogen and oxygen atoms in total. The Kier molecular flexibility index (Phi) is 5.42. The number of fused-ring (bicyclic) bond motifs is 1. The SMILES string of the molecule is CCOc1ccccc1OS(=O)(=O)c1ccc(C(=O)O)c2c(C(=O)O)cccc12. The maximum Gasteiger partial charge on any atom is 0.339 e. The number of hydrogen-bond donors (Lipinski definition) is 2. The first-order valence-electron chi connectivity index (χ1n) is 8.45. The molecule has 0 heterocycles. The van der Waals surface area contributed by atoms with Crippen molar-refractivity contribution < 1.29 is 37.1 Å². The minimum atomic E-state index is -4.43. The predicted octanol–water partition coefficient (Wildman–Crippen LogP) is 3.40. The van der Waals surface area contributed by atoms with Crippen LogP contribution in [0.3, 0.4) is 0 Å². The molecule has 0 aliphatic rings. The van der Waals surface area contributed by atoms with E-state index in [0.717, 1.165) is 12.1 Å². The molecule has 0 aromatic heterocycles. The Balaban J connectivity index is 2.22. The van der Waals surface area contributed by atoms with Crippen molar-refractivity contribution in [2.45, 2.75) is 11.8 Å². The molecule has 3 aromatic carbocycles. The molecule has 3 aromatic rings. The fourth-order valence-electron chi connectivity index (χ4n) is 2.91. The Hall–Kier alpha value is -3.59. The molecule has 2 N–H and O–H groups in total. The molecule has 0 bridgehead atoms. The second-order valence-corrected chi connectivity index (χ2v) is 7.38. The minimum absolute atomic E-state index is 0.0424. The van der Waals surface area contributed by atoms with E-state index >= 15 is 0 Å². The van der Waals surface area contributed by atoms with Gasteiger partial charge in [-0.3, -0.25) is 0 Å². The van der Waals surface area contributed by atoms with Crippen LogP contribution < -0.4 is 8.92 Å². The molecule has 0 saturated carbocycles. The molecule has 150 valence electrons. The van der Waals surface area contributed by atoms with Gasteiger partial charge < -0.3 is 19.1 Å². The summed E-state index contributed by atoms with van der Waals surface area (Å²) in [6, 6.07) is 12.2. The van der Waals surface area contributed by atoms with Crippen LogP contribution in [0.2, 0.25) is 0 Å². The van der Waals surface area contributed by atoms with E-state index < -0.39 is 22.1 Å². The van der Waals surface area contributed by atoms with E-state index in [0.29, 0.717) is 6.61 Å². The zero-order valence-corrected chi connectivity index (χ0v) is 16.0. The second-order valence-electron chi connectivity index (χ2n) is 5.87. The van der Waals surface area contributed by atoms with Crippen LogP contribution >= 0.6 is 0 Å². The standard InChI is InChI=1S/C20H16O8S/c1-2-27-15-8-3-4-9-16(15)28-29(25,26)17-11-10-14(20(23)24)18-12(17)6-5-7-13(18)19(21)22/h3-11H,2H2,1H3,(H,21,22)(H,23,24). The van der Waals surface area contributed by atoms with Gasteiger partial charge in [0.2, 0.25) is 0 Å². The van der Waals surface area contributed by atoms with Gasteiger partial charge in [0.1, 0.15) is 4.90 Å². The molecule has 0 radical (unpaired) electrons. The van der Waals surface area contributed by atoms with E-state index in [1.807, 2.05) is 0 Å². The lowest BCUT2D eigenvalue weighted by Crippen LogP contribution is -2.13. The van der Waals surface area contributed by atoms with Crippen LogP contribution in [0.5, 0.6) is 11.5 Å².